The van der Waals surface area contributed by atoms with Crippen LogP contribution in [-0.2, 0) is 6.42 Å². The number of fused-ring (bicyclic) bond motifs is 1. The third kappa shape index (κ3) is 2.13. The lowest BCUT2D eigenvalue weighted by Gasteiger charge is -2.12. The van der Waals surface area contributed by atoms with E-state index in [4.69, 9.17) is 5.73 Å². The average molecular weight is 230 g/mol. The number of pyridine rings is 1. The maximum absolute atomic E-state index is 5.90. The molecule has 0 spiro atoms. The van der Waals surface area contributed by atoms with Crippen LogP contribution in [0.5, 0.6) is 0 Å². The van der Waals surface area contributed by atoms with Crippen molar-refractivity contribution >= 4 is 11.5 Å². The first-order chi connectivity index (χ1) is 8.33. The number of anilines is 1. The Balaban J connectivity index is 1.74. The zero-order valence-electron chi connectivity index (χ0n) is 9.97. The molecular weight excluding hydrogens is 212 g/mol. The highest BCUT2D eigenvalue weighted by Gasteiger charge is 2.12. The Bertz CT molecular complexity index is 511. The first-order valence-electron chi connectivity index (χ1n) is 6.28. The van der Waals surface area contributed by atoms with Crippen LogP contribution in [0.2, 0.25) is 0 Å². The van der Waals surface area contributed by atoms with Crippen LogP contribution in [0, 0.1) is 0 Å². The van der Waals surface area contributed by atoms with Crippen LogP contribution in [0.4, 0.5) is 5.82 Å². The zero-order chi connectivity index (χ0) is 11.7. The van der Waals surface area contributed by atoms with Crippen molar-refractivity contribution in [2.75, 3.05) is 25.4 Å². The van der Waals surface area contributed by atoms with Gasteiger partial charge in [0.05, 0.1) is 5.69 Å². The van der Waals surface area contributed by atoms with Gasteiger partial charge in [-0.3, -0.25) is 4.40 Å². The molecule has 2 N–H and O–H groups in total. The Morgan fingerprint density at radius 3 is 2.82 bits per heavy atom. The Labute approximate surface area is 101 Å². The van der Waals surface area contributed by atoms with E-state index >= 15 is 0 Å². The van der Waals surface area contributed by atoms with Gasteiger partial charge in [-0.15, -0.1) is 0 Å². The van der Waals surface area contributed by atoms with Crippen LogP contribution in [-0.4, -0.2) is 33.9 Å². The average Bonchev–Trinajstić information content (AvgIpc) is 2.95. The molecule has 1 aliphatic rings. The maximum atomic E-state index is 5.90. The standard InChI is InChI=1S/C13H18N4/c14-12-4-3-5-13-15-11(10-17(12)13)6-9-16-7-1-2-8-16/h3-5,10H,1-2,6-9,14H2. The van der Waals surface area contributed by atoms with Crippen molar-refractivity contribution in [3.63, 3.8) is 0 Å². The number of nitrogens with two attached hydrogens (primary N) is 1. The van der Waals surface area contributed by atoms with Gasteiger partial charge in [-0.25, -0.2) is 4.98 Å². The van der Waals surface area contributed by atoms with Gasteiger partial charge in [-0.1, -0.05) is 6.07 Å². The Morgan fingerprint density at radius 1 is 1.24 bits per heavy atom. The molecule has 0 saturated carbocycles. The molecule has 3 rings (SSSR count). The minimum absolute atomic E-state index is 0.752. The van der Waals surface area contributed by atoms with Crippen LogP contribution >= 0.6 is 0 Å². The summed E-state index contributed by atoms with van der Waals surface area (Å²) in [6.07, 6.45) is 5.76. The van der Waals surface area contributed by atoms with Gasteiger partial charge in [0.2, 0.25) is 0 Å². The van der Waals surface area contributed by atoms with Gasteiger partial charge in [0.15, 0.2) is 0 Å². The fourth-order valence-corrected chi connectivity index (χ4v) is 2.48. The van der Waals surface area contributed by atoms with E-state index < -0.39 is 0 Å². The lowest BCUT2D eigenvalue weighted by molar-refractivity contribution is 0.342. The second-order valence-corrected chi connectivity index (χ2v) is 4.71. The van der Waals surface area contributed by atoms with Gasteiger partial charge in [-0.2, -0.15) is 0 Å². The quantitative estimate of drug-likeness (QED) is 0.870. The van der Waals surface area contributed by atoms with Gasteiger partial charge in [0.1, 0.15) is 11.5 Å². The van der Waals surface area contributed by atoms with Crippen LogP contribution in [0.3, 0.4) is 0 Å². The Hall–Kier alpha value is -1.55. The van der Waals surface area contributed by atoms with E-state index in [-0.39, 0.29) is 0 Å². The molecule has 0 aliphatic carbocycles. The molecule has 0 aromatic carbocycles. The second-order valence-electron chi connectivity index (χ2n) is 4.71. The highest BCUT2D eigenvalue weighted by molar-refractivity contribution is 5.48. The van der Waals surface area contributed by atoms with Crippen molar-refractivity contribution in [2.45, 2.75) is 19.3 Å². The van der Waals surface area contributed by atoms with Crippen LogP contribution in [0.1, 0.15) is 18.5 Å². The summed E-state index contributed by atoms with van der Waals surface area (Å²) in [6, 6.07) is 5.84. The van der Waals surface area contributed by atoms with Crippen LogP contribution < -0.4 is 5.73 Å². The highest BCUT2D eigenvalue weighted by atomic mass is 15.1. The lowest BCUT2D eigenvalue weighted by atomic mass is 10.3. The molecule has 0 amide bonds. The summed E-state index contributed by atoms with van der Waals surface area (Å²) < 4.78 is 1.96. The number of nitrogens with zero attached hydrogens (tertiary/aromatic N) is 3. The number of nitrogen functional groups attached to an aromatic ring is 1. The summed E-state index contributed by atoms with van der Waals surface area (Å²) in [5, 5.41) is 0. The number of hydrogen-bond donors (Lipinski definition) is 1. The predicted octanol–water partition coefficient (Wildman–Crippen LogP) is 1.55. The third-order valence-corrected chi connectivity index (χ3v) is 3.46. The number of imidazole rings is 1. The molecule has 1 saturated heterocycles. The highest BCUT2D eigenvalue weighted by Crippen LogP contribution is 2.12. The largest absolute Gasteiger partial charge is 0.385 e. The van der Waals surface area contributed by atoms with E-state index in [1.54, 1.807) is 0 Å². The number of aromatic nitrogens is 2. The smallest absolute Gasteiger partial charge is 0.138 e. The molecule has 2 aromatic rings. The normalized spacial score (nSPS) is 16.9. The Kier molecular flexibility index (Phi) is 2.73. The van der Waals surface area contributed by atoms with E-state index in [2.05, 4.69) is 16.1 Å². The molecule has 90 valence electrons. The minimum atomic E-state index is 0.752. The van der Waals surface area contributed by atoms with Crippen molar-refractivity contribution in [1.29, 1.82) is 0 Å². The zero-order valence-corrected chi connectivity index (χ0v) is 9.97. The van der Waals surface area contributed by atoms with Crippen molar-refractivity contribution < 1.29 is 0 Å². The van der Waals surface area contributed by atoms with Gasteiger partial charge >= 0.3 is 0 Å². The summed E-state index contributed by atoms with van der Waals surface area (Å²) in [5.41, 5.74) is 7.98. The molecule has 4 nitrogen and oxygen atoms in total. The SMILES string of the molecule is Nc1cccc2nc(CCN3CCCC3)cn12. The van der Waals surface area contributed by atoms with Crippen LogP contribution in [0.15, 0.2) is 24.4 Å². The fraction of sp³-hybridized carbons (Fsp3) is 0.462. The molecule has 2 aromatic heterocycles. The molecule has 0 radical (unpaired) electrons. The van der Waals surface area contributed by atoms with Gasteiger partial charge in [0, 0.05) is 19.2 Å². The van der Waals surface area contributed by atoms with E-state index in [0.29, 0.717) is 0 Å². The molecule has 4 heteroatoms. The first-order valence-corrected chi connectivity index (χ1v) is 6.28. The first kappa shape index (κ1) is 10.6. The van der Waals surface area contributed by atoms with Crippen molar-refractivity contribution in [3.05, 3.63) is 30.1 Å². The lowest BCUT2D eigenvalue weighted by Crippen LogP contribution is -2.21. The van der Waals surface area contributed by atoms with E-state index in [0.717, 1.165) is 30.1 Å². The predicted molar refractivity (Wildman–Crippen MR) is 69.0 cm³/mol. The Morgan fingerprint density at radius 2 is 2.06 bits per heavy atom. The maximum Gasteiger partial charge on any atom is 0.138 e. The van der Waals surface area contributed by atoms with E-state index in [1.165, 1.54) is 25.9 Å². The molecule has 0 atom stereocenters. The minimum Gasteiger partial charge on any atom is -0.385 e. The molecule has 1 fully saturated rings. The van der Waals surface area contributed by atoms with Crippen molar-refractivity contribution in [2.24, 2.45) is 0 Å². The summed E-state index contributed by atoms with van der Waals surface area (Å²) in [5.74, 6) is 0.752. The molecule has 0 bridgehead atoms. The van der Waals surface area contributed by atoms with Crippen molar-refractivity contribution in [3.8, 4) is 0 Å². The summed E-state index contributed by atoms with van der Waals surface area (Å²) in [7, 11) is 0. The molecule has 0 unspecified atom stereocenters. The molecule has 3 heterocycles. The summed E-state index contributed by atoms with van der Waals surface area (Å²) >= 11 is 0. The summed E-state index contributed by atoms with van der Waals surface area (Å²) in [4.78, 5) is 7.10. The summed E-state index contributed by atoms with van der Waals surface area (Å²) in [6.45, 7) is 3.61. The fourth-order valence-electron chi connectivity index (χ4n) is 2.48. The van der Waals surface area contributed by atoms with E-state index in [9.17, 15) is 0 Å². The van der Waals surface area contributed by atoms with Crippen molar-refractivity contribution in [1.82, 2.24) is 14.3 Å². The number of hydrogen-bond acceptors (Lipinski definition) is 3. The van der Waals surface area contributed by atoms with E-state index in [1.807, 2.05) is 22.6 Å². The monoisotopic (exact) mass is 230 g/mol. The second kappa shape index (κ2) is 4.37. The van der Waals surface area contributed by atoms with Gasteiger partial charge in [0.25, 0.3) is 0 Å². The molecule has 1 aliphatic heterocycles. The number of rotatable bonds is 3. The topological polar surface area (TPSA) is 46.6 Å². The van der Waals surface area contributed by atoms with Crippen LogP contribution in [0.25, 0.3) is 5.65 Å². The van der Waals surface area contributed by atoms with Gasteiger partial charge < -0.3 is 10.6 Å². The molecule has 17 heavy (non-hydrogen) atoms. The van der Waals surface area contributed by atoms with Gasteiger partial charge in [-0.05, 0) is 38.1 Å². The number of likely N-dealkylation sites (tertiary alicyclic amines) is 1. The molecular formula is C13H18N4. The third-order valence-electron chi connectivity index (χ3n) is 3.46.